The first-order valence-corrected chi connectivity index (χ1v) is 6.38. The third-order valence-electron chi connectivity index (χ3n) is 3.10. The van der Waals surface area contributed by atoms with Gasteiger partial charge in [0.15, 0.2) is 0 Å². The molecule has 2 rings (SSSR count). The maximum Gasteiger partial charge on any atom is 0.297 e. The molecule has 0 unspecified atom stereocenters. The molecule has 0 amide bonds. The van der Waals surface area contributed by atoms with Crippen LogP contribution in [0.1, 0.15) is 25.8 Å². The first kappa shape index (κ1) is 12.9. The zero-order valence-electron chi connectivity index (χ0n) is 10.9. The minimum absolute atomic E-state index is 0.370. The molecule has 0 atom stereocenters. The molecule has 98 valence electrons. The lowest BCUT2D eigenvalue weighted by atomic mass is 10.1. The summed E-state index contributed by atoms with van der Waals surface area (Å²) in [5.74, 6) is 0. The SMILES string of the molecule is C=C/C=c1\c(=C)nc(OCC)n1C1CCOCC1. The van der Waals surface area contributed by atoms with Gasteiger partial charge in [0.2, 0.25) is 0 Å². The highest BCUT2D eigenvalue weighted by atomic mass is 16.5. The van der Waals surface area contributed by atoms with Gasteiger partial charge in [-0.25, -0.2) is 0 Å². The first-order valence-electron chi connectivity index (χ1n) is 6.38. The van der Waals surface area contributed by atoms with Crippen molar-refractivity contribution in [3.8, 4) is 6.01 Å². The van der Waals surface area contributed by atoms with E-state index in [1.165, 1.54) is 0 Å². The molecule has 1 aliphatic rings. The van der Waals surface area contributed by atoms with Crippen LogP contribution in [0.5, 0.6) is 6.01 Å². The number of hydrogen-bond acceptors (Lipinski definition) is 3. The van der Waals surface area contributed by atoms with Gasteiger partial charge in [0.1, 0.15) is 0 Å². The largest absolute Gasteiger partial charge is 0.465 e. The number of aromatic nitrogens is 2. The maximum atomic E-state index is 5.61. The molecule has 1 aromatic rings. The fourth-order valence-electron chi connectivity index (χ4n) is 2.28. The minimum Gasteiger partial charge on any atom is -0.465 e. The van der Waals surface area contributed by atoms with E-state index in [2.05, 4.69) is 22.7 Å². The van der Waals surface area contributed by atoms with Gasteiger partial charge in [0.25, 0.3) is 6.01 Å². The summed E-state index contributed by atoms with van der Waals surface area (Å²) >= 11 is 0. The first-order chi connectivity index (χ1) is 8.77. The van der Waals surface area contributed by atoms with E-state index in [4.69, 9.17) is 9.47 Å². The Morgan fingerprint density at radius 1 is 1.50 bits per heavy atom. The Balaban J connectivity index is 2.49. The highest BCUT2D eigenvalue weighted by molar-refractivity contribution is 5.34. The molecular weight excluding hydrogens is 228 g/mol. The number of allylic oxidation sites excluding steroid dienone is 1. The molecule has 1 fully saturated rings. The van der Waals surface area contributed by atoms with Crippen LogP contribution in [0.15, 0.2) is 12.7 Å². The molecule has 0 saturated carbocycles. The number of ether oxygens (including phenoxy) is 2. The van der Waals surface area contributed by atoms with Gasteiger partial charge in [-0.3, -0.25) is 4.57 Å². The molecule has 1 aromatic heterocycles. The van der Waals surface area contributed by atoms with E-state index >= 15 is 0 Å². The Kier molecular flexibility index (Phi) is 4.20. The van der Waals surface area contributed by atoms with Crippen LogP contribution in [-0.4, -0.2) is 29.4 Å². The van der Waals surface area contributed by atoms with Crippen LogP contribution in [0, 0.1) is 0 Å². The average Bonchev–Trinajstić information content (AvgIpc) is 2.68. The summed E-state index contributed by atoms with van der Waals surface area (Å²) in [5.41, 5.74) is 0. The Bertz CT molecular complexity index is 513. The number of imidazole rings is 1. The molecule has 0 spiro atoms. The van der Waals surface area contributed by atoms with E-state index in [0.717, 1.165) is 36.8 Å². The molecule has 0 bridgehead atoms. The zero-order valence-corrected chi connectivity index (χ0v) is 10.9. The summed E-state index contributed by atoms with van der Waals surface area (Å²) in [5, 5.41) is 1.73. The van der Waals surface area contributed by atoms with Crippen LogP contribution in [0.2, 0.25) is 0 Å². The average molecular weight is 248 g/mol. The molecule has 1 aliphatic heterocycles. The number of hydrogen-bond donors (Lipinski definition) is 0. The minimum atomic E-state index is 0.370. The second-order valence-corrected chi connectivity index (χ2v) is 4.28. The van der Waals surface area contributed by atoms with Gasteiger partial charge in [-0.05, 0) is 25.8 Å². The Labute approximate surface area is 107 Å². The quantitative estimate of drug-likeness (QED) is 0.798. The summed E-state index contributed by atoms with van der Waals surface area (Å²) in [6.45, 7) is 11.9. The second-order valence-electron chi connectivity index (χ2n) is 4.28. The van der Waals surface area contributed by atoms with E-state index in [-0.39, 0.29) is 0 Å². The third kappa shape index (κ3) is 2.48. The highest BCUT2D eigenvalue weighted by Crippen LogP contribution is 2.22. The fraction of sp³-hybridized carbons (Fsp3) is 0.500. The van der Waals surface area contributed by atoms with E-state index in [9.17, 15) is 0 Å². The van der Waals surface area contributed by atoms with Crippen molar-refractivity contribution in [1.82, 2.24) is 9.55 Å². The summed E-state index contributed by atoms with van der Waals surface area (Å²) in [6, 6.07) is 1.03. The fourth-order valence-corrected chi connectivity index (χ4v) is 2.28. The number of rotatable bonds is 4. The van der Waals surface area contributed by atoms with Gasteiger partial charge in [-0.1, -0.05) is 19.2 Å². The molecule has 0 aliphatic carbocycles. The van der Waals surface area contributed by atoms with Crippen molar-refractivity contribution in [2.45, 2.75) is 25.8 Å². The molecule has 2 heterocycles. The molecule has 18 heavy (non-hydrogen) atoms. The second kappa shape index (κ2) is 5.87. The van der Waals surface area contributed by atoms with Crippen molar-refractivity contribution in [3.05, 3.63) is 23.4 Å². The van der Waals surface area contributed by atoms with E-state index in [1.807, 2.05) is 13.0 Å². The van der Waals surface area contributed by atoms with E-state index in [1.54, 1.807) is 6.08 Å². The number of nitrogens with zero attached hydrogens (tertiary/aromatic N) is 2. The van der Waals surface area contributed by atoms with E-state index < -0.39 is 0 Å². The van der Waals surface area contributed by atoms with Gasteiger partial charge in [-0.2, -0.15) is 4.98 Å². The molecule has 0 N–H and O–H groups in total. The van der Waals surface area contributed by atoms with Crippen molar-refractivity contribution in [3.63, 3.8) is 0 Å². The molecular formula is C14H20N2O2. The Morgan fingerprint density at radius 3 is 2.83 bits per heavy atom. The lowest BCUT2D eigenvalue weighted by molar-refractivity contribution is 0.0659. The predicted molar refractivity (Wildman–Crippen MR) is 71.9 cm³/mol. The van der Waals surface area contributed by atoms with Crippen molar-refractivity contribution in [1.29, 1.82) is 0 Å². The van der Waals surface area contributed by atoms with Crippen LogP contribution < -0.4 is 15.4 Å². The summed E-state index contributed by atoms with van der Waals surface area (Å²) in [6.07, 6.45) is 5.66. The van der Waals surface area contributed by atoms with Crippen molar-refractivity contribution < 1.29 is 9.47 Å². The van der Waals surface area contributed by atoms with Gasteiger partial charge >= 0.3 is 0 Å². The van der Waals surface area contributed by atoms with E-state index in [0.29, 0.717) is 18.7 Å². The smallest absolute Gasteiger partial charge is 0.297 e. The Hall–Kier alpha value is -1.55. The summed E-state index contributed by atoms with van der Waals surface area (Å²) < 4.78 is 13.2. The molecule has 0 radical (unpaired) electrons. The Morgan fingerprint density at radius 2 is 2.22 bits per heavy atom. The van der Waals surface area contributed by atoms with Crippen LogP contribution in [-0.2, 0) is 4.74 Å². The predicted octanol–water partition coefficient (Wildman–Crippen LogP) is 1.01. The van der Waals surface area contributed by atoms with Crippen LogP contribution in [0.4, 0.5) is 0 Å². The summed E-state index contributed by atoms with van der Waals surface area (Å²) in [7, 11) is 0. The van der Waals surface area contributed by atoms with Gasteiger partial charge in [0.05, 0.1) is 17.3 Å². The van der Waals surface area contributed by atoms with Crippen LogP contribution in [0.25, 0.3) is 12.7 Å². The molecule has 0 aromatic carbocycles. The topological polar surface area (TPSA) is 36.3 Å². The highest BCUT2D eigenvalue weighted by Gasteiger charge is 2.20. The van der Waals surface area contributed by atoms with Gasteiger partial charge in [-0.15, -0.1) is 0 Å². The van der Waals surface area contributed by atoms with Crippen molar-refractivity contribution in [2.75, 3.05) is 19.8 Å². The zero-order chi connectivity index (χ0) is 13.0. The van der Waals surface area contributed by atoms with Gasteiger partial charge in [0, 0.05) is 19.3 Å². The van der Waals surface area contributed by atoms with Crippen molar-refractivity contribution >= 4 is 12.7 Å². The standard InChI is InChI=1S/C14H20N2O2/c1-4-6-13-11(3)15-14(18-5-2)16(13)12-7-9-17-10-8-12/h4,6,12H,1,3,5,7-10H2,2H3/b13-6+. The maximum absolute atomic E-state index is 5.61. The lowest BCUT2D eigenvalue weighted by Crippen LogP contribution is -2.33. The molecule has 4 nitrogen and oxygen atoms in total. The van der Waals surface area contributed by atoms with Crippen LogP contribution >= 0.6 is 0 Å². The van der Waals surface area contributed by atoms with Crippen LogP contribution in [0.3, 0.4) is 0 Å². The van der Waals surface area contributed by atoms with Gasteiger partial charge < -0.3 is 9.47 Å². The van der Waals surface area contributed by atoms with Crippen molar-refractivity contribution in [2.24, 2.45) is 0 Å². The summed E-state index contributed by atoms with van der Waals surface area (Å²) in [4.78, 5) is 4.40. The normalized spacial score (nSPS) is 17.9. The lowest BCUT2D eigenvalue weighted by Gasteiger charge is -2.24. The molecule has 1 saturated heterocycles. The third-order valence-corrected chi connectivity index (χ3v) is 3.10. The monoisotopic (exact) mass is 248 g/mol. The molecule has 4 heteroatoms.